The van der Waals surface area contributed by atoms with Crippen molar-refractivity contribution in [2.45, 2.75) is 13.8 Å². The predicted octanol–water partition coefficient (Wildman–Crippen LogP) is 2.40. The monoisotopic (exact) mass is 166 g/mol. The van der Waals surface area contributed by atoms with Crippen molar-refractivity contribution in [1.29, 1.82) is 0 Å². The lowest BCUT2D eigenvalue weighted by atomic mass is 10.3. The van der Waals surface area contributed by atoms with Gasteiger partial charge in [-0.2, -0.15) is 0 Å². The zero-order valence-corrected chi connectivity index (χ0v) is 7.54. The lowest BCUT2D eigenvalue weighted by Crippen LogP contribution is -1.99. The van der Waals surface area contributed by atoms with Crippen LogP contribution in [0.3, 0.4) is 0 Å². The molecule has 0 heterocycles. The quantitative estimate of drug-likeness (QED) is 0.597. The van der Waals surface area contributed by atoms with Crippen molar-refractivity contribution >= 4 is 0 Å². The van der Waals surface area contributed by atoms with Gasteiger partial charge in [-0.05, 0) is 26.0 Å². The molecule has 0 aromatic carbocycles. The van der Waals surface area contributed by atoms with Crippen LogP contribution >= 0.6 is 0 Å². The first-order valence-electron chi connectivity index (χ1n) is 4.23. The second-order valence-corrected chi connectivity index (χ2v) is 2.33. The summed E-state index contributed by atoms with van der Waals surface area (Å²) in [5.74, 6) is 0.630. The minimum absolute atomic E-state index is 0.630. The van der Waals surface area contributed by atoms with Crippen molar-refractivity contribution in [3.8, 4) is 0 Å². The average molecular weight is 166 g/mol. The SMILES string of the molecule is CCOC(OCC)=C1C=CC=C1. The molecule has 2 heteroatoms. The van der Waals surface area contributed by atoms with E-state index in [0.29, 0.717) is 19.2 Å². The van der Waals surface area contributed by atoms with Crippen LogP contribution in [0, 0.1) is 0 Å². The van der Waals surface area contributed by atoms with Crippen molar-refractivity contribution in [3.05, 3.63) is 35.8 Å². The summed E-state index contributed by atoms with van der Waals surface area (Å²) < 4.78 is 10.6. The van der Waals surface area contributed by atoms with Gasteiger partial charge in [-0.3, -0.25) is 0 Å². The molecule has 0 saturated heterocycles. The molecule has 0 bridgehead atoms. The van der Waals surface area contributed by atoms with E-state index in [2.05, 4.69) is 0 Å². The Bertz CT molecular complexity index is 202. The van der Waals surface area contributed by atoms with E-state index in [0.717, 1.165) is 5.57 Å². The summed E-state index contributed by atoms with van der Waals surface area (Å²) in [6.45, 7) is 5.17. The highest BCUT2D eigenvalue weighted by molar-refractivity contribution is 5.40. The van der Waals surface area contributed by atoms with E-state index in [1.54, 1.807) is 0 Å². The van der Waals surface area contributed by atoms with Gasteiger partial charge in [-0.1, -0.05) is 12.2 Å². The number of rotatable bonds is 4. The molecule has 2 nitrogen and oxygen atoms in total. The van der Waals surface area contributed by atoms with E-state index >= 15 is 0 Å². The standard InChI is InChI=1S/C10H14O2/c1-3-11-10(12-4-2)9-7-5-6-8-9/h5-8H,3-4H2,1-2H3. The minimum atomic E-state index is 0.630. The van der Waals surface area contributed by atoms with Gasteiger partial charge in [0.25, 0.3) is 5.95 Å². The molecule has 0 N–H and O–H groups in total. The van der Waals surface area contributed by atoms with Crippen LogP contribution in [0.1, 0.15) is 13.8 Å². The fourth-order valence-corrected chi connectivity index (χ4v) is 0.981. The van der Waals surface area contributed by atoms with Gasteiger partial charge in [-0.25, -0.2) is 0 Å². The summed E-state index contributed by atoms with van der Waals surface area (Å²) in [6, 6.07) is 0. The van der Waals surface area contributed by atoms with E-state index < -0.39 is 0 Å². The zero-order valence-electron chi connectivity index (χ0n) is 7.54. The van der Waals surface area contributed by atoms with Gasteiger partial charge in [0.1, 0.15) is 0 Å². The van der Waals surface area contributed by atoms with Crippen molar-refractivity contribution < 1.29 is 9.47 Å². The largest absolute Gasteiger partial charge is 0.465 e. The maximum absolute atomic E-state index is 5.32. The maximum Gasteiger partial charge on any atom is 0.286 e. The predicted molar refractivity (Wildman–Crippen MR) is 48.6 cm³/mol. The molecule has 0 amide bonds. The number of allylic oxidation sites excluding steroid dienone is 5. The Morgan fingerprint density at radius 1 is 1.08 bits per heavy atom. The fraction of sp³-hybridized carbons (Fsp3) is 0.400. The third kappa shape index (κ3) is 2.16. The van der Waals surface area contributed by atoms with Crippen molar-refractivity contribution in [1.82, 2.24) is 0 Å². The molecule has 0 unspecified atom stereocenters. The second kappa shape index (κ2) is 4.65. The average Bonchev–Trinajstić information content (AvgIpc) is 2.56. The lowest BCUT2D eigenvalue weighted by Gasteiger charge is -2.09. The Kier molecular flexibility index (Phi) is 3.45. The topological polar surface area (TPSA) is 18.5 Å². The molecule has 0 spiro atoms. The van der Waals surface area contributed by atoms with Crippen molar-refractivity contribution in [2.24, 2.45) is 0 Å². The third-order valence-corrected chi connectivity index (χ3v) is 1.45. The molecule has 12 heavy (non-hydrogen) atoms. The van der Waals surface area contributed by atoms with Gasteiger partial charge in [0.2, 0.25) is 0 Å². The summed E-state index contributed by atoms with van der Waals surface area (Å²) in [4.78, 5) is 0. The van der Waals surface area contributed by atoms with Gasteiger partial charge < -0.3 is 9.47 Å². The molecule has 1 aliphatic carbocycles. The van der Waals surface area contributed by atoms with Gasteiger partial charge in [0.15, 0.2) is 0 Å². The molecule has 66 valence electrons. The Labute approximate surface area is 73.2 Å². The van der Waals surface area contributed by atoms with Crippen LogP contribution in [0.4, 0.5) is 0 Å². The maximum atomic E-state index is 5.32. The summed E-state index contributed by atoms with van der Waals surface area (Å²) in [7, 11) is 0. The van der Waals surface area contributed by atoms with E-state index in [1.165, 1.54) is 0 Å². The summed E-state index contributed by atoms with van der Waals surface area (Å²) in [6.07, 6.45) is 7.88. The second-order valence-electron chi connectivity index (χ2n) is 2.33. The molecular formula is C10H14O2. The Morgan fingerprint density at radius 3 is 2.00 bits per heavy atom. The van der Waals surface area contributed by atoms with Crippen LogP contribution in [0.5, 0.6) is 0 Å². The van der Waals surface area contributed by atoms with Gasteiger partial charge >= 0.3 is 0 Å². The fourth-order valence-electron chi connectivity index (χ4n) is 0.981. The molecule has 1 aliphatic rings. The van der Waals surface area contributed by atoms with Crippen LogP contribution in [-0.4, -0.2) is 13.2 Å². The smallest absolute Gasteiger partial charge is 0.286 e. The number of hydrogen-bond donors (Lipinski definition) is 0. The summed E-state index contributed by atoms with van der Waals surface area (Å²) in [5.41, 5.74) is 1.01. The highest BCUT2D eigenvalue weighted by Crippen LogP contribution is 2.15. The number of hydrogen-bond acceptors (Lipinski definition) is 2. The first-order chi connectivity index (χ1) is 5.88. The van der Waals surface area contributed by atoms with E-state index in [1.807, 2.05) is 38.2 Å². The highest BCUT2D eigenvalue weighted by Gasteiger charge is 2.05. The zero-order chi connectivity index (χ0) is 8.81. The van der Waals surface area contributed by atoms with E-state index in [4.69, 9.17) is 9.47 Å². The van der Waals surface area contributed by atoms with Crippen molar-refractivity contribution in [3.63, 3.8) is 0 Å². The lowest BCUT2D eigenvalue weighted by molar-refractivity contribution is 0.0447. The normalized spacial score (nSPS) is 13.7. The Balaban J connectivity index is 2.68. The summed E-state index contributed by atoms with van der Waals surface area (Å²) >= 11 is 0. The molecule has 0 aromatic heterocycles. The minimum Gasteiger partial charge on any atom is -0.465 e. The third-order valence-electron chi connectivity index (χ3n) is 1.45. The molecule has 0 saturated carbocycles. The van der Waals surface area contributed by atoms with E-state index in [-0.39, 0.29) is 0 Å². The van der Waals surface area contributed by atoms with Crippen LogP contribution in [0.2, 0.25) is 0 Å². The van der Waals surface area contributed by atoms with Gasteiger partial charge in [0, 0.05) is 0 Å². The molecule has 0 fully saturated rings. The molecule has 1 rings (SSSR count). The Hall–Kier alpha value is -1.18. The van der Waals surface area contributed by atoms with Crippen LogP contribution < -0.4 is 0 Å². The molecular weight excluding hydrogens is 152 g/mol. The van der Waals surface area contributed by atoms with Gasteiger partial charge in [-0.15, -0.1) is 0 Å². The molecule has 0 radical (unpaired) electrons. The molecule has 0 aromatic rings. The Morgan fingerprint density at radius 2 is 1.58 bits per heavy atom. The first-order valence-corrected chi connectivity index (χ1v) is 4.23. The van der Waals surface area contributed by atoms with Crippen LogP contribution in [0.25, 0.3) is 0 Å². The van der Waals surface area contributed by atoms with Crippen LogP contribution in [-0.2, 0) is 9.47 Å². The summed E-state index contributed by atoms with van der Waals surface area (Å²) in [5, 5.41) is 0. The molecule has 0 atom stereocenters. The van der Waals surface area contributed by atoms with Crippen molar-refractivity contribution in [2.75, 3.05) is 13.2 Å². The number of ether oxygens (including phenoxy) is 2. The highest BCUT2D eigenvalue weighted by atomic mass is 16.7. The first kappa shape index (κ1) is 8.91. The van der Waals surface area contributed by atoms with Gasteiger partial charge in [0.05, 0.1) is 18.8 Å². The van der Waals surface area contributed by atoms with E-state index in [9.17, 15) is 0 Å². The van der Waals surface area contributed by atoms with Crippen LogP contribution in [0.15, 0.2) is 35.8 Å². The molecule has 0 aliphatic heterocycles.